The molecule has 0 bridgehead atoms. The van der Waals surface area contributed by atoms with Crippen molar-refractivity contribution in [2.24, 2.45) is 0 Å². The highest BCUT2D eigenvalue weighted by Crippen LogP contribution is 2.21. The maximum atomic E-state index is 12.5. The molecule has 0 fully saturated rings. The minimum Gasteiger partial charge on any atom is -0.318 e. The molecule has 130 valence electrons. The Balaban J connectivity index is 2.05. The quantitative estimate of drug-likeness (QED) is 0.598. The van der Waals surface area contributed by atoms with Crippen molar-refractivity contribution in [3.8, 4) is 5.69 Å². The molecule has 2 rings (SSSR count). The first kappa shape index (κ1) is 18.4. The monoisotopic (exact) mass is 327 g/mol. The predicted molar refractivity (Wildman–Crippen MR) is 100 cm³/mol. The van der Waals surface area contributed by atoms with E-state index in [2.05, 4.69) is 60.1 Å². The molecule has 4 nitrogen and oxygen atoms in total. The molecule has 0 saturated heterocycles. The van der Waals surface area contributed by atoms with Gasteiger partial charge >= 0.3 is 0 Å². The van der Waals surface area contributed by atoms with Gasteiger partial charge in [-0.25, -0.2) is 0 Å². The zero-order valence-corrected chi connectivity index (χ0v) is 15.5. The summed E-state index contributed by atoms with van der Waals surface area (Å²) in [6.07, 6.45) is 1.04. The lowest BCUT2D eigenvalue weighted by Crippen LogP contribution is -2.26. The highest BCUT2D eigenvalue weighted by atomic mass is 16.1. The normalized spacial score (nSPS) is 11.2. The Bertz CT molecular complexity index is 684. The lowest BCUT2D eigenvalue weighted by molar-refractivity contribution is 0.0990. The van der Waals surface area contributed by atoms with Crippen LogP contribution in [-0.4, -0.2) is 49.0 Å². The molecule has 0 atom stereocenters. The fraction of sp³-hybridized carbons (Fsp3) is 0.450. The lowest BCUT2D eigenvalue weighted by atomic mass is 10.1. The molecule has 0 unspecified atom stereocenters. The van der Waals surface area contributed by atoms with Gasteiger partial charge in [0.2, 0.25) is 0 Å². The molecule has 4 heteroatoms. The second kappa shape index (κ2) is 8.27. The number of hydrogen-bond donors (Lipinski definition) is 1. The maximum Gasteiger partial charge on any atom is 0.178 e. The second-order valence-corrected chi connectivity index (χ2v) is 6.71. The van der Waals surface area contributed by atoms with Crippen molar-refractivity contribution in [3.05, 3.63) is 52.8 Å². The van der Waals surface area contributed by atoms with E-state index >= 15 is 0 Å². The van der Waals surface area contributed by atoms with E-state index in [-0.39, 0.29) is 5.78 Å². The Labute approximate surface area is 145 Å². The fourth-order valence-corrected chi connectivity index (χ4v) is 2.95. The summed E-state index contributed by atoms with van der Waals surface area (Å²) in [7, 11) is 4.12. The Morgan fingerprint density at radius 2 is 1.79 bits per heavy atom. The predicted octanol–water partition coefficient (Wildman–Crippen LogP) is 3.13. The van der Waals surface area contributed by atoms with Crippen molar-refractivity contribution in [2.45, 2.75) is 27.2 Å². The van der Waals surface area contributed by atoms with Gasteiger partial charge in [-0.15, -0.1) is 0 Å². The van der Waals surface area contributed by atoms with Crippen LogP contribution in [-0.2, 0) is 0 Å². The lowest BCUT2D eigenvalue weighted by Gasteiger charge is -2.11. The van der Waals surface area contributed by atoms with Gasteiger partial charge in [-0.3, -0.25) is 4.79 Å². The molecule has 1 N–H and O–H groups in total. The number of aromatic nitrogens is 1. The van der Waals surface area contributed by atoms with Crippen LogP contribution in [0.5, 0.6) is 0 Å². The Morgan fingerprint density at radius 1 is 1.12 bits per heavy atom. The third-order valence-corrected chi connectivity index (χ3v) is 4.27. The Morgan fingerprint density at radius 3 is 2.42 bits per heavy atom. The molecule has 0 radical (unpaired) electrons. The van der Waals surface area contributed by atoms with Crippen LogP contribution in [0.4, 0.5) is 0 Å². The van der Waals surface area contributed by atoms with Crippen molar-refractivity contribution in [3.63, 3.8) is 0 Å². The fourth-order valence-electron chi connectivity index (χ4n) is 2.95. The van der Waals surface area contributed by atoms with Crippen LogP contribution in [0.1, 0.15) is 33.7 Å². The average molecular weight is 327 g/mol. The van der Waals surface area contributed by atoms with E-state index in [1.165, 1.54) is 5.56 Å². The van der Waals surface area contributed by atoms with Gasteiger partial charge in [0.15, 0.2) is 5.78 Å². The molecule has 2 aromatic rings. The minimum absolute atomic E-state index is 0.159. The molecule has 1 aromatic carbocycles. The standard InChI is InChI=1S/C20H29N3O/c1-15-7-9-18(10-8-15)23-16(2)13-19(17(23)3)20(24)14-21-11-6-12-22(4)5/h7-10,13,21H,6,11-12,14H2,1-5H3. The van der Waals surface area contributed by atoms with Crippen molar-refractivity contribution >= 4 is 5.78 Å². The van der Waals surface area contributed by atoms with E-state index in [9.17, 15) is 4.79 Å². The highest BCUT2D eigenvalue weighted by molar-refractivity contribution is 5.99. The van der Waals surface area contributed by atoms with Gasteiger partial charge in [-0.1, -0.05) is 17.7 Å². The SMILES string of the molecule is Cc1ccc(-n2c(C)cc(C(=O)CNCCCN(C)C)c2C)cc1. The minimum atomic E-state index is 0.159. The average Bonchev–Trinajstić information content (AvgIpc) is 2.82. The molecule has 0 spiro atoms. The molecular formula is C20H29N3O. The van der Waals surface area contributed by atoms with Crippen molar-refractivity contribution in [1.82, 2.24) is 14.8 Å². The van der Waals surface area contributed by atoms with Crippen molar-refractivity contribution in [1.29, 1.82) is 0 Å². The largest absolute Gasteiger partial charge is 0.318 e. The van der Waals surface area contributed by atoms with Crippen LogP contribution in [0.15, 0.2) is 30.3 Å². The molecule has 0 amide bonds. The first-order chi connectivity index (χ1) is 11.4. The summed E-state index contributed by atoms with van der Waals surface area (Å²) < 4.78 is 2.15. The highest BCUT2D eigenvalue weighted by Gasteiger charge is 2.16. The zero-order chi connectivity index (χ0) is 17.7. The molecular weight excluding hydrogens is 298 g/mol. The van der Waals surface area contributed by atoms with Crippen molar-refractivity contribution in [2.75, 3.05) is 33.7 Å². The zero-order valence-electron chi connectivity index (χ0n) is 15.5. The summed E-state index contributed by atoms with van der Waals surface area (Å²) in [5.74, 6) is 0.159. The van der Waals surface area contributed by atoms with E-state index in [1.807, 2.05) is 19.9 Å². The van der Waals surface area contributed by atoms with Crippen LogP contribution in [0, 0.1) is 20.8 Å². The Kier molecular flexibility index (Phi) is 6.35. The topological polar surface area (TPSA) is 37.3 Å². The number of benzene rings is 1. The molecule has 0 aliphatic heterocycles. The number of rotatable bonds is 8. The molecule has 1 heterocycles. The third kappa shape index (κ3) is 4.56. The number of aryl methyl sites for hydroxylation is 2. The summed E-state index contributed by atoms with van der Waals surface area (Å²) in [6.45, 7) is 8.44. The van der Waals surface area contributed by atoms with E-state index < -0.39 is 0 Å². The van der Waals surface area contributed by atoms with Gasteiger partial charge in [0.1, 0.15) is 0 Å². The van der Waals surface area contributed by atoms with Gasteiger partial charge in [0, 0.05) is 22.6 Å². The van der Waals surface area contributed by atoms with Crippen LogP contribution in [0.2, 0.25) is 0 Å². The number of carbonyl (C=O) groups is 1. The number of hydrogen-bond acceptors (Lipinski definition) is 3. The van der Waals surface area contributed by atoms with Crippen LogP contribution in [0.25, 0.3) is 5.69 Å². The van der Waals surface area contributed by atoms with Gasteiger partial charge in [-0.2, -0.15) is 0 Å². The molecule has 0 aliphatic rings. The summed E-state index contributed by atoms with van der Waals surface area (Å²) in [5, 5.41) is 3.26. The van der Waals surface area contributed by atoms with Crippen LogP contribution >= 0.6 is 0 Å². The van der Waals surface area contributed by atoms with Gasteiger partial charge in [0.05, 0.1) is 6.54 Å². The van der Waals surface area contributed by atoms with Gasteiger partial charge in [0.25, 0.3) is 0 Å². The van der Waals surface area contributed by atoms with Crippen LogP contribution < -0.4 is 5.32 Å². The molecule has 1 aromatic heterocycles. The number of Topliss-reactive ketones (excluding diaryl/α,β-unsaturated/α-hetero) is 1. The number of carbonyl (C=O) groups excluding carboxylic acids is 1. The van der Waals surface area contributed by atoms with Crippen LogP contribution in [0.3, 0.4) is 0 Å². The van der Waals surface area contributed by atoms with E-state index in [0.29, 0.717) is 6.54 Å². The van der Waals surface area contributed by atoms with E-state index in [0.717, 1.165) is 42.1 Å². The van der Waals surface area contributed by atoms with Gasteiger partial charge in [-0.05, 0) is 72.6 Å². The molecule has 24 heavy (non-hydrogen) atoms. The molecule has 0 saturated carbocycles. The van der Waals surface area contributed by atoms with E-state index in [4.69, 9.17) is 0 Å². The second-order valence-electron chi connectivity index (χ2n) is 6.71. The summed E-state index contributed by atoms with van der Waals surface area (Å²) >= 11 is 0. The summed E-state index contributed by atoms with van der Waals surface area (Å²) in [6, 6.07) is 10.4. The molecule has 0 aliphatic carbocycles. The first-order valence-corrected chi connectivity index (χ1v) is 8.54. The maximum absolute atomic E-state index is 12.5. The van der Waals surface area contributed by atoms with Gasteiger partial charge < -0.3 is 14.8 Å². The van der Waals surface area contributed by atoms with E-state index in [1.54, 1.807) is 0 Å². The number of nitrogens with zero attached hydrogens (tertiary/aromatic N) is 2. The third-order valence-electron chi connectivity index (χ3n) is 4.27. The number of ketones is 1. The summed E-state index contributed by atoms with van der Waals surface area (Å²) in [4.78, 5) is 14.7. The smallest absolute Gasteiger partial charge is 0.178 e. The first-order valence-electron chi connectivity index (χ1n) is 8.54. The summed E-state index contributed by atoms with van der Waals surface area (Å²) in [5.41, 5.74) is 5.25. The Hall–Kier alpha value is -1.91. The van der Waals surface area contributed by atoms with Crippen molar-refractivity contribution < 1.29 is 4.79 Å². The number of nitrogens with one attached hydrogen (secondary N) is 1.